The molecule has 1 unspecified atom stereocenters. The molecule has 1 aromatic carbocycles. The van der Waals surface area contributed by atoms with Crippen LogP contribution in [0.25, 0.3) is 0 Å². The Morgan fingerprint density at radius 2 is 2.00 bits per heavy atom. The van der Waals surface area contributed by atoms with Crippen molar-refractivity contribution in [2.24, 2.45) is 0 Å². The van der Waals surface area contributed by atoms with Crippen molar-refractivity contribution in [3.63, 3.8) is 0 Å². The quantitative estimate of drug-likeness (QED) is 0.861. The van der Waals surface area contributed by atoms with E-state index in [2.05, 4.69) is 43.1 Å². The number of carbonyl (C=O) groups is 1. The Morgan fingerprint density at radius 3 is 2.71 bits per heavy atom. The van der Waals surface area contributed by atoms with Gasteiger partial charge in [0, 0.05) is 26.2 Å². The molecule has 0 saturated carbocycles. The lowest BCUT2D eigenvalue weighted by Crippen LogP contribution is -2.54. The minimum atomic E-state index is -0.181. The fourth-order valence-electron chi connectivity index (χ4n) is 2.82. The summed E-state index contributed by atoms with van der Waals surface area (Å²) in [4.78, 5) is 14.3. The Kier molecular flexibility index (Phi) is 5.37. The van der Waals surface area contributed by atoms with Gasteiger partial charge < -0.3 is 10.1 Å². The van der Waals surface area contributed by atoms with Crippen LogP contribution in [0, 0.1) is 20.8 Å². The highest BCUT2D eigenvalue weighted by molar-refractivity contribution is 5.76. The van der Waals surface area contributed by atoms with Crippen LogP contribution in [0.5, 0.6) is 0 Å². The van der Waals surface area contributed by atoms with Crippen molar-refractivity contribution in [2.75, 3.05) is 26.2 Å². The average molecular weight is 290 g/mol. The summed E-state index contributed by atoms with van der Waals surface area (Å²) in [6.45, 7) is 12.0. The lowest BCUT2D eigenvalue weighted by Gasteiger charge is -2.34. The Bertz CT molecular complexity index is 514. The minimum absolute atomic E-state index is 0.119. The number of carbonyl (C=O) groups excluding carboxylic acids is 1. The normalized spacial score (nSPS) is 19.5. The number of piperazine rings is 1. The molecule has 0 amide bonds. The molecule has 0 radical (unpaired) electrons. The van der Waals surface area contributed by atoms with Crippen LogP contribution in [0.1, 0.15) is 29.2 Å². The molecule has 4 heteroatoms. The van der Waals surface area contributed by atoms with Crippen LogP contribution in [0.15, 0.2) is 12.1 Å². The van der Waals surface area contributed by atoms with Crippen molar-refractivity contribution >= 4 is 5.97 Å². The third kappa shape index (κ3) is 3.83. The van der Waals surface area contributed by atoms with Crippen molar-refractivity contribution < 1.29 is 9.53 Å². The summed E-state index contributed by atoms with van der Waals surface area (Å²) < 4.78 is 5.20. The number of nitrogens with one attached hydrogen (secondary N) is 1. The highest BCUT2D eigenvalue weighted by Crippen LogP contribution is 2.19. The third-order valence-electron chi connectivity index (χ3n) is 4.24. The molecule has 4 nitrogen and oxygen atoms in total. The molecule has 1 aliphatic rings. The molecule has 0 bridgehead atoms. The maximum Gasteiger partial charge on any atom is 0.324 e. The van der Waals surface area contributed by atoms with Gasteiger partial charge in [-0.05, 0) is 49.9 Å². The molecule has 1 heterocycles. The summed E-state index contributed by atoms with van der Waals surface area (Å²) in [6, 6.07) is 4.29. The van der Waals surface area contributed by atoms with Crippen LogP contribution in [0.2, 0.25) is 0 Å². The van der Waals surface area contributed by atoms with E-state index in [0.29, 0.717) is 13.2 Å². The molecular formula is C17H26N2O2. The van der Waals surface area contributed by atoms with Crippen molar-refractivity contribution in [1.29, 1.82) is 0 Å². The maximum atomic E-state index is 12.1. The lowest BCUT2D eigenvalue weighted by atomic mass is 9.99. The Labute approximate surface area is 127 Å². The molecule has 1 aromatic rings. The van der Waals surface area contributed by atoms with Gasteiger partial charge in [-0.2, -0.15) is 0 Å². The zero-order valence-corrected chi connectivity index (χ0v) is 13.5. The summed E-state index contributed by atoms with van der Waals surface area (Å²) in [7, 11) is 0. The molecular weight excluding hydrogens is 264 g/mol. The Balaban J connectivity index is 2.15. The molecule has 1 N–H and O–H groups in total. The number of aryl methyl sites for hydroxylation is 3. The van der Waals surface area contributed by atoms with Crippen LogP contribution in [-0.4, -0.2) is 43.2 Å². The summed E-state index contributed by atoms with van der Waals surface area (Å²) >= 11 is 0. The van der Waals surface area contributed by atoms with Gasteiger partial charge in [-0.15, -0.1) is 0 Å². The van der Waals surface area contributed by atoms with Crippen molar-refractivity contribution in [3.8, 4) is 0 Å². The summed E-state index contributed by atoms with van der Waals surface area (Å²) in [5.41, 5.74) is 5.21. The van der Waals surface area contributed by atoms with E-state index in [4.69, 9.17) is 4.74 Å². The molecule has 0 aliphatic carbocycles. The van der Waals surface area contributed by atoms with Crippen LogP contribution in [0.3, 0.4) is 0 Å². The summed E-state index contributed by atoms with van der Waals surface area (Å²) in [6.07, 6.45) is 0. The van der Waals surface area contributed by atoms with E-state index in [9.17, 15) is 4.79 Å². The third-order valence-corrected chi connectivity index (χ3v) is 4.24. The van der Waals surface area contributed by atoms with Gasteiger partial charge in [-0.1, -0.05) is 12.1 Å². The van der Waals surface area contributed by atoms with E-state index in [0.717, 1.165) is 19.6 Å². The molecule has 1 aliphatic heterocycles. The molecule has 0 spiro atoms. The number of hydrogen-bond acceptors (Lipinski definition) is 4. The van der Waals surface area contributed by atoms with Gasteiger partial charge in [-0.25, -0.2) is 0 Å². The van der Waals surface area contributed by atoms with Gasteiger partial charge in [0.2, 0.25) is 0 Å². The van der Waals surface area contributed by atoms with E-state index in [1.54, 1.807) is 0 Å². The highest BCUT2D eigenvalue weighted by Gasteiger charge is 2.29. The first-order chi connectivity index (χ1) is 10.0. The number of ether oxygens (including phenoxy) is 1. The predicted octanol–water partition coefficient (Wildman–Crippen LogP) is 1.95. The van der Waals surface area contributed by atoms with Gasteiger partial charge in [0.25, 0.3) is 0 Å². The van der Waals surface area contributed by atoms with Gasteiger partial charge in [0.05, 0.1) is 6.61 Å². The number of rotatable bonds is 4. The van der Waals surface area contributed by atoms with E-state index in [-0.39, 0.29) is 12.0 Å². The van der Waals surface area contributed by atoms with Crippen LogP contribution in [-0.2, 0) is 16.1 Å². The van der Waals surface area contributed by atoms with E-state index < -0.39 is 0 Å². The predicted molar refractivity (Wildman–Crippen MR) is 84.4 cm³/mol. The average Bonchev–Trinajstić information content (AvgIpc) is 2.45. The molecule has 2 rings (SSSR count). The zero-order chi connectivity index (χ0) is 15.4. The van der Waals surface area contributed by atoms with Gasteiger partial charge in [0.15, 0.2) is 0 Å². The Hall–Kier alpha value is -1.39. The van der Waals surface area contributed by atoms with E-state index in [1.165, 1.54) is 22.3 Å². The SMILES string of the molecule is CCOC(=O)C1CNCCN1Cc1cc(C)c(C)cc1C. The van der Waals surface area contributed by atoms with Crippen molar-refractivity contribution in [3.05, 3.63) is 34.4 Å². The highest BCUT2D eigenvalue weighted by atomic mass is 16.5. The van der Waals surface area contributed by atoms with Gasteiger partial charge in [-0.3, -0.25) is 9.69 Å². The summed E-state index contributed by atoms with van der Waals surface area (Å²) in [5.74, 6) is -0.119. The Morgan fingerprint density at radius 1 is 1.29 bits per heavy atom. The van der Waals surface area contributed by atoms with Crippen LogP contribution in [0.4, 0.5) is 0 Å². The lowest BCUT2D eigenvalue weighted by molar-refractivity contribution is -0.150. The van der Waals surface area contributed by atoms with Crippen LogP contribution < -0.4 is 5.32 Å². The standard InChI is InChI=1S/C17H26N2O2/c1-5-21-17(20)16-10-18-6-7-19(16)11-15-9-13(3)12(2)8-14(15)4/h8-9,16,18H,5-7,10-11H2,1-4H3. The topological polar surface area (TPSA) is 41.6 Å². The number of benzene rings is 1. The second-order valence-corrected chi connectivity index (χ2v) is 5.81. The fourth-order valence-corrected chi connectivity index (χ4v) is 2.82. The minimum Gasteiger partial charge on any atom is -0.465 e. The van der Waals surface area contributed by atoms with Crippen molar-refractivity contribution in [2.45, 2.75) is 40.3 Å². The molecule has 1 fully saturated rings. The first kappa shape index (κ1) is 16.0. The number of esters is 1. The monoisotopic (exact) mass is 290 g/mol. The van der Waals surface area contributed by atoms with Gasteiger partial charge in [0.1, 0.15) is 6.04 Å². The molecule has 1 atom stereocenters. The number of hydrogen-bond donors (Lipinski definition) is 1. The first-order valence-electron chi connectivity index (χ1n) is 7.71. The van der Waals surface area contributed by atoms with E-state index >= 15 is 0 Å². The maximum absolute atomic E-state index is 12.1. The molecule has 0 aromatic heterocycles. The van der Waals surface area contributed by atoms with Gasteiger partial charge >= 0.3 is 5.97 Å². The molecule has 1 saturated heterocycles. The molecule has 21 heavy (non-hydrogen) atoms. The van der Waals surface area contributed by atoms with Crippen molar-refractivity contribution in [1.82, 2.24) is 10.2 Å². The van der Waals surface area contributed by atoms with Crippen LogP contribution >= 0.6 is 0 Å². The van der Waals surface area contributed by atoms with E-state index in [1.807, 2.05) is 6.92 Å². The molecule has 116 valence electrons. The summed E-state index contributed by atoms with van der Waals surface area (Å²) in [5, 5.41) is 3.28. The fraction of sp³-hybridized carbons (Fsp3) is 0.588. The number of nitrogens with zero attached hydrogens (tertiary/aromatic N) is 1. The second kappa shape index (κ2) is 7.05. The second-order valence-electron chi connectivity index (χ2n) is 5.81. The smallest absolute Gasteiger partial charge is 0.324 e. The largest absolute Gasteiger partial charge is 0.465 e. The first-order valence-corrected chi connectivity index (χ1v) is 7.71. The zero-order valence-electron chi connectivity index (χ0n) is 13.5.